The van der Waals surface area contributed by atoms with Crippen molar-refractivity contribution in [2.24, 2.45) is 0 Å². The molecule has 0 saturated heterocycles. The van der Waals surface area contributed by atoms with Crippen molar-refractivity contribution in [1.82, 2.24) is 5.32 Å². The zero-order valence-electron chi connectivity index (χ0n) is 14.2. The van der Waals surface area contributed by atoms with Crippen LogP contribution in [0.4, 0.5) is 0 Å². The lowest BCUT2D eigenvalue weighted by atomic mass is 10.1. The summed E-state index contributed by atoms with van der Waals surface area (Å²) in [6.45, 7) is 2.28. The van der Waals surface area contributed by atoms with Crippen LogP contribution in [0, 0.1) is 0 Å². The summed E-state index contributed by atoms with van der Waals surface area (Å²) in [5, 5.41) is 3.46. The molecule has 0 fully saturated rings. The van der Waals surface area contributed by atoms with E-state index in [1.165, 1.54) is 7.11 Å². The van der Waals surface area contributed by atoms with Gasteiger partial charge in [0.05, 0.1) is 12.7 Å². The standard InChI is InChI=1S/C19H20ClNO4/c1-3-14-10-16(8-9-17(14)20)25-12-18(22)21-11-13-4-6-15(7-5-13)19(23)24-2/h4-10H,3,11-12H2,1-2H3,(H,21,22). The van der Waals surface area contributed by atoms with Gasteiger partial charge in [0.1, 0.15) is 5.75 Å². The van der Waals surface area contributed by atoms with Crippen LogP contribution in [-0.2, 0) is 22.5 Å². The monoisotopic (exact) mass is 361 g/mol. The molecule has 6 heteroatoms. The first-order valence-corrected chi connectivity index (χ1v) is 8.26. The molecule has 2 aromatic carbocycles. The number of carbonyl (C=O) groups excluding carboxylic acids is 2. The fraction of sp³-hybridized carbons (Fsp3) is 0.263. The molecule has 25 heavy (non-hydrogen) atoms. The molecule has 0 aliphatic rings. The van der Waals surface area contributed by atoms with Gasteiger partial charge in [-0.1, -0.05) is 30.7 Å². The Kier molecular flexibility index (Phi) is 6.83. The molecule has 0 radical (unpaired) electrons. The van der Waals surface area contributed by atoms with Crippen molar-refractivity contribution in [3.05, 3.63) is 64.2 Å². The number of nitrogens with one attached hydrogen (secondary N) is 1. The average molecular weight is 362 g/mol. The van der Waals surface area contributed by atoms with Crippen LogP contribution in [0.3, 0.4) is 0 Å². The molecule has 2 aromatic rings. The molecule has 0 unspecified atom stereocenters. The molecule has 5 nitrogen and oxygen atoms in total. The molecule has 0 aliphatic heterocycles. The number of halogens is 1. The zero-order chi connectivity index (χ0) is 18.2. The van der Waals surface area contributed by atoms with E-state index < -0.39 is 5.97 Å². The Balaban J connectivity index is 1.81. The van der Waals surface area contributed by atoms with E-state index in [4.69, 9.17) is 16.3 Å². The Hall–Kier alpha value is -2.53. The van der Waals surface area contributed by atoms with Gasteiger partial charge in [-0.3, -0.25) is 4.79 Å². The number of aryl methyl sites for hydroxylation is 1. The van der Waals surface area contributed by atoms with Gasteiger partial charge in [0.25, 0.3) is 5.91 Å². The molecule has 0 heterocycles. The van der Waals surface area contributed by atoms with E-state index in [9.17, 15) is 9.59 Å². The molecule has 0 saturated carbocycles. The van der Waals surface area contributed by atoms with Crippen molar-refractivity contribution in [2.45, 2.75) is 19.9 Å². The number of benzene rings is 2. The Morgan fingerprint density at radius 3 is 2.48 bits per heavy atom. The van der Waals surface area contributed by atoms with E-state index >= 15 is 0 Å². The maximum Gasteiger partial charge on any atom is 0.337 e. The van der Waals surface area contributed by atoms with Crippen molar-refractivity contribution < 1.29 is 19.1 Å². The summed E-state index contributed by atoms with van der Waals surface area (Å²) in [5.74, 6) is -0.0118. The van der Waals surface area contributed by atoms with Crippen molar-refractivity contribution in [3.8, 4) is 5.75 Å². The SMILES string of the molecule is CCc1cc(OCC(=O)NCc2ccc(C(=O)OC)cc2)ccc1Cl. The summed E-state index contributed by atoms with van der Waals surface area (Å²) in [5.41, 5.74) is 2.32. The van der Waals surface area contributed by atoms with Gasteiger partial charge in [-0.2, -0.15) is 0 Å². The molecule has 0 atom stereocenters. The molecule has 132 valence electrons. The second-order valence-corrected chi connectivity index (χ2v) is 5.77. The van der Waals surface area contributed by atoms with Crippen molar-refractivity contribution >= 4 is 23.5 Å². The van der Waals surface area contributed by atoms with Gasteiger partial charge in [-0.15, -0.1) is 0 Å². The maximum absolute atomic E-state index is 11.9. The Labute approximate surface area is 151 Å². The molecular formula is C19H20ClNO4. The summed E-state index contributed by atoms with van der Waals surface area (Å²) in [6.07, 6.45) is 0.795. The van der Waals surface area contributed by atoms with Gasteiger partial charge in [0, 0.05) is 11.6 Å². The minimum Gasteiger partial charge on any atom is -0.484 e. The molecule has 0 spiro atoms. The van der Waals surface area contributed by atoms with Gasteiger partial charge < -0.3 is 14.8 Å². The lowest BCUT2D eigenvalue weighted by Crippen LogP contribution is -2.28. The van der Waals surface area contributed by atoms with Gasteiger partial charge >= 0.3 is 5.97 Å². The van der Waals surface area contributed by atoms with Crippen LogP contribution < -0.4 is 10.1 Å². The molecule has 0 bridgehead atoms. The lowest BCUT2D eigenvalue weighted by molar-refractivity contribution is -0.123. The summed E-state index contributed by atoms with van der Waals surface area (Å²) in [7, 11) is 1.33. The number of hydrogen-bond acceptors (Lipinski definition) is 4. The van der Waals surface area contributed by atoms with Crippen LogP contribution in [-0.4, -0.2) is 25.6 Å². The smallest absolute Gasteiger partial charge is 0.337 e. The van der Waals surface area contributed by atoms with E-state index in [1.54, 1.807) is 36.4 Å². The highest BCUT2D eigenvalue weighted by Gasteiger charge is 2.07. The van der Waals surface area contributed by atoms with Gasteiger partial charge in [0.2, 0.25) is 0 Å². The number of esters is 1. The van der Waals surface area contributed by atoms with E-state index in [0.29, 0.717) is 22.9 Å². The number of methoxy groups -OCH3 is 1. The number of ether oxygens (including phenoxy) is 2. The Bertz CT molecular complexity index is 744. The fourth-order valence-corrected chi connectivity index (χ4v) is 2.44. The third kappa shape index (κ3) is 5.50. The molecule has 1 amide bonds. The van der Waals surface area contributed by atoms with Crippen molar-refractivity contribution in [3.63, 3.8) is 0 Å². The molecule has 2 rings (SSSR count). The van der Waals surface area contributed by atoms with E-state index in [-0.39, 0.29) is 12.5 Å². The fourth-order valence-electron chi connectivity index (χ4n) is 2.19. The summed E-state index contributed by atoms with van der Waals surface area (Å²) in [4.78, 5) is 23.3. The van der Waals surface area contributed by atoms with E-state index in [1.807, 2.05) is 13.0 Å². The Morgan fingerprint density at radius 1 is 1.12 bits per heavy atom. The Morgan fingerprint density at radius 2 is 1.84 bits per heavy atom. The maximum atomic E-state index is 11.9. The third-order valence-corrected chi connectivity index (χ3v) is 4.00. The van der Waals surface area contributed by atoms with Gasteiger partial charge in [0.15, 0.2) is 6.61 Å². The highest BCUT2D eigenvalue weighted by molar-refractivity contribution is 6.31. The first kappa shape index (κ1) is 18.8. The first-order valence-electron chi connectivity index (χ1n) is 7.88. The summed E-state index contributed by atoms with van der Waals surface area (Å²) >= 11 is 6.05. The zero-order valence-corrected chi connectivity index (χ0v) is 14.9. The third-order valence-electron chi connectivity index (χ3n) is 3.63. The van der Waals surface area contributed by atoms with E-state index in [2.05, 4.69) is 10.1 Å². The molecule has 1 N–H and O–H groups in total. The van der Waals surface area contributed by atoms with Crippen LogP contribution in [0.25, 0.3) is 0 Å². The summed E-state index contributed by atoms with van der Waals surface area (Å²) in [6, 6.07) is 12.2. The van der Waals surface area contributed by atoms with E-state index in [0.717, 1.165) is 17.5 Å². The predicted molar refractivity (Wildman–Crippen MR) is 96.0 cm³/mol. The summed E-state index contributed by atoms with van der Waals surface area (Å²) < 4.78 is 10.1. The van der Waals surface area contributed by atoms with Crippen LogP contribution >= 0.6 is 11.6 Å². The molecule has 0 aromatic heterocycles. The molecule has 0 aliphatic carbocycles. The lowest BCUT2D eigenvalue weighted by Gasteiger charge is -2.09. The highest BCUT2D eigenvalue weighted by atomic mass is 35.5. The van der Waals surface area contributed by atoms with Crippen LogP contribution in [0.1, 0.15) is 28.4 Å². The number of carbonyl (C=O) groups is 2. The quantitative estimate of drug-likeness (QED) is 0.768. The largest absolute Gasteiger partial charge is 0.484 e. The van der Waals surface area contributed by atoms with Crippen LogP contribution in [0.15, 0.2) is 42.5 Å². The number of hydrogen-bond donors (Lipinski definition) is 1. The van der Waals surface area contributed by atoms with Crippen LogP contribution in [0.5, 0.6) is 5.75 Å². The number of rotatable bonds is 7. The first-order chi connectivity index (χ1) is 12.0. The second kappa shape index (κ2) is 9.08. The topological polar surface area (TPSA) is 64.6 Å². The van der Waals surface area contributed by atoms with Crippen molar-refractivity contribution in [2.75, 3.05) is 13.7 Å². The minimum atomic E-state index is -0.390. The second-order valence-electron chi connectivity index (χ2n) is 5.36. The normalized spacial score (nSPS) is 10.2. The van der Waals surface area contributed by atoms with Gasteiger partial charge in [-0.25, -0.2) is 4.79 Å². The predicted octanol–water partition coefficient (Wildman–Crippen LogP) is 3.38. The van der Waals surface area contributed by atoms with Gasteiger partial charge in [-0.05, 0) is 47.9 Å². The van der Waals surface area contributed by atoms with Crippen LogP contribution in [0.2, 0.25) is 5.02 Å². The minimum absolute atomic E-state index is 0.0783. The van der Waals surface area contributed by atoms with Crippen molar-refractivity contribution in [1.29, 1.82) is 0 Å². The average Bonchev–Trinajstić information content (AvgIpc) is 2.65. The highest BCUT2D eigenvalue weighted by Crippen LogP contribution is 2.22. The number of amides is 1. The molecular weight excluding hydrogens is 342 g/mol.